The Morgan fingerprint density at radius 3 is 2.70 bits per heavy atom. The highest BCUT2D eigenvalue weighted by Gasteiger charge is 2.18. The zero-order valence-corrected chi connectivity index (χ0v) is 16.7. The Morgan fingerprint density at radius 1 is 1.13 bits per heavy atom. The lowest BCUT2D eigenvalue weighted by molar-refractivity contribution is -0.135. The van der Waals surface area contributed by atoms with Crippen LogP contribution in [0.4, 0.5) is 0 Å². The van der Waals surface area contributed by atoms with Crippen LogP contribution in [-0.4, -0.2) is 68.4 Å². The summed E-state index contributed by atoms with van der Waals surface area (Å²) < 4.78 is 14.3. The first-order valence-electron chi connectivity index (χ1n) is 9.95. The first kappa shape index (κ1) is 18.6. The van der Waals surface area contributed by atoms with Gasteiger partial charge in [-0.25, -0.2) is 4.52 Å². The van der Waals surface area contributed by atoms with Gasteiger partial charge >= 0.3 is 0 Å². The van der Waals surface area contributed by atoms with Crippen LogP contribution in [0.1, 0.15) is 12.2 Å². The van der Waals surface area contributed by atoms with Crippen molar-refractivity contribution in [3.8, 4) is 17.0 Å². The molecule has 0 aliphatic carbocycles. The van der Waals surface area contributed by atoms with Crippen LogP contribution in [0.25, 0.3) is 22.4 Å². The van der Waals surface area contributed by atoms with Gasteiger partial charge < -0.3 is 14.4 Å². The molecule has 154 valence electrons. The van der Waals surface area contributed by atoms with Crippen molar-refractivity contribution in [1.82, 2.24) is 29.1 Å². The molecular weight excluding hydrogens is 384 g/mol. The average Bonchev–Trinajstić information content (AvgIpc) is 3.42. The molecule has 0 saturated carbocycles. The summed E-state index contributed by atoms with van der Waals surface area (Å²) in [4.78, 5) is 14.3. The number of fused-ring (bicyclic) bond motifs is 3. The summed E-state index contributed by atoms with van der Waals surface area (Å²) >= 11 is 0. The minimum absolute atomic E-state index is 0.127. The third-order valence-electron chi connectivity index (χ3n) is 5.40. The van der Waals surface area contributed by atoms with Crippen molar-refractivity contribution >= 4 is 17.1 Å². The number of nitrogens with zero attached hydrogens (tertiary/aromatic N) is 6. The Labute approximate surface area is 172 Å². The fourth-order valence-corrected chi connectivity index (χ4v) is 3.72. The Hall–Kier alpha value is -3.46. The summed E-state index contributed by atoms with van der Waals surface area (Å²) in [6, 6.07) is 9.77. The summed E-state index contributed by atoms with van der Waals surface area (Å²) in [5.41, 5.74) is 3.42. The van der Waals surface area contributed by atoms with Crippen LogP contribution in [0.15, 0.2) is 42.7 Å². The van der Waals surface area contributed by atoms with Crippen molar-refractivity contribution in [2.24, 2.45) is 0 Å². The lowest BCUT2D eigenvalue weighted by atomic mass is 10.1. The maximum Gasteiger partial charge on any atom is 0.223 e. The Bertz CT molecular complexity index is 1190. The molecule has 0 radical (unpaired) electrons. The summed E-state index contributed by atoms with van der Waals surface area (Å²) in [6.45, 7) is 2.53. The molecule has 0 spiro atoms. The Kier molecular flexibility index (Phi) is 4.80. The van der Waals surface area contributed by atoms with E-state index in [2.05, 4.69) is 15.3 Å². The van der Waals surface area contributed by atoms with Gasteiger partial charge in [-0.15, -0.1) is 10.2 Å². The van der Waals surface area contributed by atoms with E-state index < -0.39 is 0 Å². The lowest BCUT2D eigenvalue weighted by Crippen LogP contribution is -2.40. The van der Waals surface area contributed by atoms with Crippen molar-refractivity contribution < 1.29 is 14.3 Å². The number of aryl methyl sites for hydroxylation is 1. The molecule has 0 bridgehead atoms. The van der Waals surface area contributed by atoms with Gasteiger partial charge in [0.1, 0.15) is 17.1 Å². The summed E-state index contributed by atoms with van der Waals surface area (Å²) in [6.07, 6.45) is 4.71. The predicted molar refractivity (Wildman–Crippen MR) is 109 cm³/mol. The molecule has 1 amide bonds. The number of aromatic nitrogens is 5. The lowest BCUT2D eigenvalue weighted by Gasteiger charge is -2.26. The van der Waals surface area contributed by atoms with Crippen LogP contribution in [-0.2, 0) is 16.0 Å². The molecule has 4 aromatic rings. The third-order valence-corrected chi connectivity index (χ3v) is 5.40. The zero-order valence-electron chi connectivity index (χ0n) is 16.7. The van der Waals surface area contributed by atoms with E-state index in [1.165, 1.54) is 0 Å². The van der Waals surface area contributed by atoms with E-state index >= 15 is 0 Å². The highest BCUT2D eigenvalue weighted by molar-refractivity contribution is 5.78. The van der Waals surface area contributed by atoms with E-state index in [0.717, 1.165) is 34.0 Å². The number of methoxy groups -OCH3 is 1. The van der Waals surface area contributed by atoms with Crippen molar-refractivity contribution in [3.63, 3.8) is 0 Å². The van der Waals surface area contributed by atoms with E-state index in [1.807, 2.05) is 52.0 Å². The minimum atomic E-state index is 0.127. The van der Waals surface area contributed by atoms with Gasteiger partial charge in [0.2, 0.25) is 5.91 Å². The second-order valence-corrected chi connectivity index (χ2v) is 7.19. The molecule has 0 unspecified atom stereocenters. The van der Waals surface area contributed by atoms with Crippen LogP contribution in [0, 0.1) is 0 Å². The van der Waals surface area contributed by atoms with Gasteiger partial charge in [0.15, 0.2) is 5.65 Å². The van der Waals surface area contributed by atoms with E-state index in [4.69, 9.17) is 9.47 Å². The summed E-state index contributed by atoms with van der Waals surface area (Å²) in [5.74, 6) is 1.70. The second-order valence-electron chi connectivity index (χ2n) is 7.19. The highest BCUT2D eigenvalue weighted by atomic mass is 16.5. The van der Waals surface area contributed by atoms with Gasteiger partial charge in [-0.3, -0.25) is 9.20 Å². The molecule has 9 nitrogen and oxygen atoms in total. The maximum atomic E-state index is 12.4. The SMILES string of the molecule is COc1ccc(-c2cc3c4nnc(CCC(=O)N5CCOCC5)n4ccn3n2)cc1. The number of rotatable bonds is 5. The van der Waals surface area contributed by atoms with Crippen LogP contribution >= 0.6 is 0 Å². The minimum Gasteiger partial charge on any atom is -0.497 e. The van der Waals surface area contributed by atoms with Gasteiger partial charge in [0.25, 0.3) is 0 Å². The highest BCUT2D eigenvalue weighted by Crippen LogP contribution is 2.24. The fraction of sp³-hybridized carbons (Fsp3) is 0.333. The molecule has 1 aliphatic heterocycles. The molecule has 0 atom stereocenters. The number of hydrogen-bond acceptors (Lipinski definition) is 6. The normalized spacial score (nSPS) is 14.5. The van der Waals surface area contributed by atoms with Crippen LogP contribution < -0.4 is 4.74 Å². The van der Waals surface area contributed by atoms with Crippen molar-refractivity contribution in [2.75, 3.05) is 33.4 Å². The van der Waals surface area contributed by atoms with Gasteiger partial charge in [0.05, 0.1) is 26.0 Å². The maximum absolute atomic E-state index is 12.4. The first-order chi connectivity index (χ1) is 14.7. The van der Waals surface area contributed by atoms with E-state index in [-0.39, 0.29) is 5.91 Å². The molecule has 1 saturated heterocycles. The smallest absolute Gasteiger partial charge is 0.223 e. The number of morpholine rings is 1. The standard InChI is InChI=1S/C21H22N6O3/c1-29-16-4-2-15(3-5-16)17-14-18-21-23-22-19(26(21)8-9-27(18)24-17)6-7-20(28)25-10-12-30-13-11-25/h2-5,8-9,14H,6-7,10-13H2,1H3. The van der Waals surface area contributed by atoms with Gasteiger partial charge in [-0.05, 0) is 30.3 Å². The van der Waals surface area contributed by atoms with Crippen molar-refractivity contribution in [3.05, 3.63) is 48.5 Å². The van der Waals surface area contributed by atoms with Gasteiger partial charge in [-0.1, -0.05) is 0 Å². The summed E-state index contributed by atoms with van der Waals surface area (Å²) in [7, 11) is 1.65. The molecule has 9 heteroatoms. The van der Waals surface area contributed by atoms with E-state index in [9.17, 15) is 4.79 Å². The number of ether oxygens (including phenoxy) is 2. The number of amides is 1. The topological polar surface area (TPSA) is 86.3 Å². The predicted octanol–water partition coefficient (Wildman–Crippen LogP) is 1.84. The molecule has 30 heavy (non-hydrogen) atoms. The van der Waals surface area contributed by atoms with Crippen LogP contribution in [0.5, 0.6) is 5.75 Å². The van der Waals surface area contributed by atoms with Crippen molar-refractivity contribution in [2.45, 2.75) is 12.8 Å². The Balaban J connectivity index is 1.40. The molecule has 3 aromatic heterocycles. The third kappa shape index (κ3) is 3.37. The largest absolute Gasteiger partial charge is 0.497 e. The fourth-order valence-electron chi connectivity index (χ4n) is 3.72. The molecular formula is C21H22N6O3. The number of hydrogen-bond donors (Lipinski definition) is 0. The number of carbonyl (C=O) groups is 1. The first-order valence-corrected chi connectivity index (χ1v) is 9.95. The van der Waals surface area contributed by atoms with Crippen LogP contribution in [0.2, 0.25) is 0 Å². The van der Waals surface area contributed by atoms with Gasteiger partial charge in [-0.2, -0.15) is 5.10 Å². The quantitative estimate of drug-likeness (QED) is 0.503. The molecule has 1 aliphatic rings. The number of benzene rings is 1. The molecule has 1 fully saturated rings. The molecule has 5 rings (SSSR count). The zero-order chi connectivity index (χ0) is 20.5. The molecule has 0 N–H and O–H groups in total. The molecule has 4 heterocycles. The van der Waals surface area contributed by atoms with E-state index in [1.54, 1.807) is 11.6 Å². The van der Waals surface area contributed by atoms with E-state index in [0.29, 0.717) is 39.1 Å². The number of carbonyl (C=O) groups excluding carboxylic acids is 1. The van der Waals surface area contributed by atoms with Crippen LogP contribution in [0.3, 0.4) is 0 Å². The molecule has 1 aromatic carbocycles. The second kappa shape index (κ2) is 7.75. The summed E-state index contributed by atoms with van der Waals surface area (Å²) in [5, 5.41) is 13.3. The van der Waals surface area contributed by atoms with Gasteiger partial charge in [0, 0.05) is 43.9 Å². The Morgan fingerprint density at radius 2 is 1.93 bits per heavy atom. The van der Waals surface area contributed by atoms with Crippen molar-refractivity contribution in [1.29, 1.82) is 0 Å². The monoisotopic (exact) mass is 406 g/mol. The average molecular weight is 406 g/mol.